The molecule has 2 rings (SSSR count). The van der Waals surface area contributed by atoms with E-state index in [1.807, 2.05) is 13.2 Å². The van der Waals surface area contributed by atoms with Gasteiger partial charge in [-0.1, -0.05) is 20.3 Å². The van der Waals surface area contributed by atoms with E-state index in [-0.39, 0.29) is 5.41 Å². The van der Waals surface area contributed by atoms with E-state index in [2.05, 4.69) is 18.9 Å². The van der Waals surface area contributed by atoms with Gasteiger partial charge in [0.2, 0.25) is 0 Å². The van der Waals surface area contributed by atoms with Gasteiger partial charge in [0, 0.05) is 30.8 Å². The van der Waals surface area contributed by atoms with Crippen LogP contribution >= 0.6 is 0 Å². The Hall–Kier alpha value is -0.870. The van der Waals surface area contributed by atoms with Gasteiger partial charge in [-0.3, -0.25) is 4.68 Å². The van der Waals surface area contributed by atoms with Crippen molar-refractivity contribution in [2.24, 2.45) is 24.1 Å². The first-order valence-corrected chi connectivity index (χ1v) is 6.93. The number of aryl methyl sites for hydroxylation is 2. The molecule has 1 heterocycles. The van der Waals surface area contributed by atoms with Crippen LogP contribution in [-0.4, -0.2) is 21.4 Å². The summed E-state index contributed by atoms with van der Waals surface area (Å²) in [5, 5.41) is 15.2. The van der Waals surface area contributed by atoms with E-state index in [0.717, 1.165) is 36.9 Å². The second-order valence-electron chi connectivity index (χ2n) is 5.88. The lowest BCUT2D eigenvalue weighted by Gasteiger charge is -2.33. The molecule has 0 aromatic carbocycles. The molecular weight excluding hydrogens is 226 g/mol. The van der Waals surface area contributed by atoms with Crippen molar-refractivity contribution in [2.45, 2.75) is 45.6 Å². The predicted molar refractivity (Wildman–Crippen MR) is 72.0 cm³/mol. The van der Waals surface area contributed by atoms with E-state index >= 15 is 0 Å². The molecule has 0 saturated heterocycles. The van der Waals surface area contributed by atoms with Crippen molar-refractivity contribution >= 4 is 0 Å². The average molecular weight is 251 g/mol. The van der Waals surface area contributed by atoms with Crippen molar-refractivity contribution in [1.82, 2.24) is 9.78 Å². The van der Waals surface area contributed by atoms with Crippen LogP contribution in [0, 0.1) is 11.3 Å². The zero-order valence-corrected chi connectivity index (χ0v) is 11.7. The van der Waals surface area contributed by atoms with Crippen LogP contribution in [-0.2, 0) is 13.5 Å². The summed E-state index contributed by atoms with van der Waals surface area (Å²) < 4.78 is 1.79. The van der Waals surface area contributed by atoms with Crippen molar-refractivity contribution in [1.29, 1.82) is 0 Å². The smallest absolute Gasteiger partial charge is 0.0891 e. The fourth-order valence-corrected chi connectivity index (χ4v) is 3.36. The van der Waals surface area contributed by atoms with Crippen molar-refractivity contribution in [3.63, 3.8) is 0 Å². The van der Waals surface area contributed by atoms with Gasteiger partial charge in [0.1, 0.15) is 0 Å². The first-order valence-electron chi connectivity index (χ1n) is 6.93. The van der Waals surface area contributed by atoms with Gasteiger partial charge in [0.05, 0.1) is 11.8 Å². The minimum Gasteiger partial charge on any atom is -0.388 e. The number of aromatic nitrogens is 2. The summed E-state index contributed by atoms with van der Waals surface area (Å²) in [4.78, 5) is 0. The standard InChI is InChI=1S/C14H25N3O/c1-4-12-11(8-17(3)16-12)13(18)14(9-15)6-5-10(2)7-14/h8,10,13,18H,4-7,9,15H2,1-3H3. The summed E-state index contributed by atoms with van der Waals surface area (Å²) in [6.07, 6.45) is 5.52. The van der Waals surface area contributed by atoms with Crippen LogP contribution in [0.25, 0.3) is 0 Å². The third-order valence-electron chi connectivity index (χ3n) is 4.44. The monoisotopic (exact) mass is 251 g/mol. The molecule has 102 valence electrons. The Morgan fingerprint density at radius 3 is 2.89 bits per heavy atom. The van der Waals surface area contributed by atoms with E-state index in [1.54, 1.807) is 4.68 Å². The summed E-state index contributed by atoms with van der Waals surface area (Å²) in [6.45, 7) is 4.87. The van der Waals surface area contributed by atoms with E-state index in [1.165, 1.54) is 0 Å². The number of aliphatic hydroxyl groups is 1. The fraction of sp³-hybridized carbons (Fsp3) is 0.786. The van der Waals surface area contributed by atoms with E-state index in [0.29, 0.717) is 12.5 Å². The topological polar surface area (TPSA) is 64.1 Å². The summed E-state index contributed by atoms with van der Waals surface area (Å²) in [6, 6.07) is 0. The quantitative estimate of drug-likeness (QED) is 0.857. The number of nitrogens with two attached hydrogens (primary N) is 1. The molecule has 1 aromatic rings. The highest BCUT2D eigenvalue weighted by Gasteiger charge is 2.43. The SMILES string of the molecule is CCc1nn(C)cc1C(O)C1(CN)CCC(C)C1. The maximum atomic E-state index is 10.8. The Morgan fingerprint density at radius 2 is 2.39 bits per heavy atom. The van der Waals surface area contributed by atoms with E-state index in [4.69, 9.17) is 5.73 Å². The van der Waals surface area contributed by atoms with Crippen LogP contribution in [0.5, 0.6) is 0 Å². The molecule has 18 heavy (non-hydrogen) atoms. The summed E-state index contributed by atoms with van der Waals surface area (Å²) in [5.41, 5.74) is 7.80. The lowest BCUT2D eigenvalue weighted by Crippen LogP contribution is -2.34. The zero-order chi connectivity index (χ0) is 13.3. The number of nitrogens with zero attached hydrogens (tertiary/aromatic N) is 2. The number of aliphatic hydroxyl groups excluding tert-OH is 1. The molecule has 3 atom stereocenters. The average Bonchev–Trinajstić information content (AvgIpc) is 2.92. The molecule has 0 radical (unpaired) electrons. The normalized spacial score (nSPS) is 29.7. The van der Waals surface area contributed by atoms with Crippen molar-refractivity contribution in [3.8, 4) is 0 Å². The van der Waals surface area contributed by atoms with Crippen LogP contribution < -0.4 is 5.73 Å². The van der Waals surface area contributed by atoms with Crippen molar-refractivity contribution in [3.05, 3.63) is 17.5 Å². The molecule has 4 nitrogen and oxygen atoms in total. The first-order chi connectivity index (χ1) is 8.52. The summed E-state index contributed by atoms with van der Waals surface area (Å²) in [7, 11) is 1.90. The highest BCUT2D eigenvalue weighted by Crippen LogP contribution is 2.49. The Bertz CT molecular complexity index is 415. The second kappa shape index (κ2) is 5.02. The van der Waals surface area contributed by atoms with Crippen molar-refractivity contribution < 1.29 is 5.11 Å². The molecule has 1 aliphatic carbocycles. The minimum absolute atomic E-state index is 0.146. The van der Waals surface area contributed by atoms with E-state index < -0.39 is 6.10 Å². The third-order valence-corrected chi connectivity index (χ3v) is 4.44. The highest BCUT2D eigenvalue weighted by atomic mass is 16.3. The minimum atomic E-state index is -0.476. The molecule has 1 aliphatic rings. The molecule has 1 saturated carbocycles. The third kappa shape index (κ3) is 2.19. The molecular formula is C14H25N3O. The molecule has 1 fully saturated rings. The van der Waals surface area contributed by atoms with Gasteiger partial charge in [-0.05, 0) is 25.2 Å². The van der Waals surface area contributed by atoms with Crippen LogP contribution in [0.3, 0.4) is 0 Å². The van der Waals surface area contributed by atoms with Crippen LogP contribution in [0.1, 0.15) is 50.5 Å². The number of rotatable bonds is 4. The van der Waals surface area contributed by atoms with Gasteiger partial charge < -0.3 is 10.8 Å². The highest BCUT2D eigenvalue weighted by molar-refractivity contribution is 5.23. The molecule has 0 spiro atoms. The summed E-state index contributed by atoms with van der Waals surface area (Å²) in [5.74, 6) is 0.657. The van der Waals surface area contributed by atoms with Gasteiger partial charge in [-0.25, -0.2) is 0 Å². The summed E-state index contributed by atoms with van der Waals surface area (Å²) >= 11 is 0. The molecule has 3 unspecified atom stereocenters. The molecule has 0 amide bonds. The van der Waals surface area contributed by atoms with Gasteiger partial charge >= 0.3 is 0 Å². The van der Waals surface area contributed by atoms with Crippen LogP contribution in [0.2, 0.25) is 0 Å². The van der Waals surface area contributed by atoms with Gasteiger partial charge in [0.15, 0.2) is 0 Å². The molecule has 3 N–H and O–H groups in total. The molecule has 4 heteroatoms. The Labute approximate surface area is 109 Å². The lowest BCUT2D eigenvalue weighted by molar-refractivity contribution is 0.0301. The Morgan fingerprint density at radius 1 is 1.67 bits per heavy atom. The first kappa shape index (κ1) is 13.6. The van der Waals surface area contributed by atoms with Gasteiger partial charge in [-0.2, -0.15) is 5.10 Å². The van der Waals surface area contributed by atoms with Gasteiger partial charge in [0.25, 0.3) is 0 Å². The van der Waals surface area contributed by atoms with Crippen LogP contribution in [0.4, 0.5) is 0 Å². The van der Waals surface area contributed by atoms with Crippen LogP contribution in [0.15, 0.2) is 6.20 Å². The molecule has 0 bridgehead atoms. The predicted octanol–water partition coefficient (Wildman–Crippen LogP) is 1.78. The maximum absolute atomic E-state index is 10.8. The largest absolute Gasteiger partial charge is 0.388 e. The molecule has 0 aliphatic heterocycles. The number of hydrogen-bond acceptors (Lipinski definition) is 3. The molecule has 1 aromatic heterocycles. The van der Waals surface area contributed by atoms with Gasteiger partial charge in [-0.15, -0.1) is 0 Å². The Balaban J connectivity index is 2.31. The fourth-order valence-electron chi connectivity index (χ4n) is 3.36. The Kier molecular flexibility index (Phi) is 3.78. The zero-order valence-electron chi connectivity index (χ0n) is 11.7. The maximum Gasteiger partial charge on any atom is 0.0891 e. The lowest BCUT2D eigenvalue weighted by atomic mass is 9.76. The number of hydrogen-bond donors (Lipinski definition) is 2. The second-order valence-corrected chi connectivity index (χ2v) is 5.88. The van der Waals surface area contributed by atoms with Crippen molar-refractivity contribution in [2.75, 3.05) is 6.54 Å². The van der Waals surface area contributed by atoms with E-state index in [9.17, 15) is 5.11 Å².